The van der Waals surface area contributed by atoms with Crippen LogP contribution in [0.1, 0.15) is 50.2 Å². The van der Waals surface area contributed by atoms with Crippen LogP contribution in [-0.4, -0.2) is 18.1 Å². The first-order valence-corrected chi connectivity index (χ1v) is 9.86. The van der Waals surface area contributed by atoms with Crippen molar-refractivity contribution in [2.45, 2.75) is 65.1 Å². The molecule has 2 aromatic carbocycles. The minimum absolute atomic E-state index is 0.138. The van der Waals surface area contributed by atoms with Gasteiger partial charge in [-0.25, -0.2) is 0 Å². The minimum atomic E-state index is -0.527. The Balaban J connectivity index is 1.58. The highest BCUT2D eigenvalue weighted by molar-refractivity contribution is 5.94. The van der Waals surface area contributed by atoms with Crippen molar-refractivity contribution in [2.24, 2.45) is 0 Å². The van der Waals surface area contributed by atoms with Gasteiger partial charge in [-0.3, -0.25) is 4.79 Å². The average Bonchev–Trinajstić information content (AvgIpc) is 3.13. The molecule has 0 radical (unpaired) electrons. The second-order valence-corrected chi connectivity index (χ2v) is 7.38. The van der Waals surface area contributed by atoms with Gasteiger partial charge < -0.3 is 14.8 Å². The molecular weight excluding hydrogens is 338 g/mol. The summed E-state index contributed by atoms with van der Waals surface area (Å²) in [5.74, 6) is 1.45. The Hall–Kier alpha value is -2.49. The zero-order valence-corrected chi connectivity index (χ0v) is 16.5. The van der Waals surface area contributed by atoms with Crippen molar-refractivity contribution in [1.82, 2.24) is 0 Å². The van der Waals surface area contributed by atoms with Crippen LogP contribution in [0.25, 0.3) is 0 Å². The molecule has 1 aliphatic rings. The molecule has 1 fully saturated rings. The van der Waals surface area contributed by atoms with Crippen LogP contribution in [0.15, 0.2) is 42.5 Å². The van der Waals surface area contributed by atoms with E-state index in [-0.39, 0.29) is 5.91 Å². The lowest BCUT2D eigenvalue weighted by atomic mass is 10.1. The van der Waals surface area contributed by atoms with E-state index in [0.29, 0.717) is 12.5 Å². The Morgan fingerprint density at radius 1 is 1.04 bits per heavy atom. The third-order valence-electron chi connectivity index (χ3n) is 4.86. The molecule has 0 saturated heterocycles. The molecule has 4 heteroatoms. The summed E-state index contributed by atoms with van der Waals surface area (Å²) >= 11 is 0. The number of benzene rings is 2. The van der Waals surface area contributed by atoms with E-state index in [4.69, 9.17) is 9.47 Å². The number of rotatable bonds is 7. The summed E-state index contributed by atoms with van der Waals surface area (Å²) in [6.45, 7) is 6.00. The van der Waals surface area contributed by atoms with E-state index < -0.39 is 6.10 Å². The quantitative estimate of drug-likeness (QED) is 0.711. The molecule has 1 amide bonds. The maximum atomic E-state index is 12.6. The summed E-state index contributed by atoms with van der Waals surface area (Å²) in [5.41, 5.74) is 3.00. The fourth-order valence-corrected chi connectivity index (χ4v) is 3.53. The smallest absolute Gasteiger partial charge is 0.265 e. The van der Waals surface area contributed by atoms with Crippen molar-refractivity contribution in [3.63, 3.8) is 0 Å². The normalized spacial score (nSPS) is 15.4. The van der Waals surface area contributed by atoms with E-state index >= 15 is 0 Å². The number of hydrogen-bond donors (Lipinski definition) is 1. The van der Waals surface area contributed by atoms with Crippen molar-refractivity contribution < 1.29 is 14.3 Å². The third-order valence-corrected chi connectivity index (χ3v) is 4.86. The summed E-state index contributed by atoms with van der Waals surface area (Å²) in [6.07, 6.45) is 5.16. The van der Waals surface area contributed by atoms with Gasteiger partial charge in [0.1, 0.15) is 11.5 Å². The number of ether oxygens (including phenoxy) is 2. The van der Waals surface area contributed by atoms with Crippen molar-refractivity contribution in [1.29, 1.82) is 0 Å². The summed E-state index contributed by atoms with van der Waals surface area (Å²) in [7, 11) is 0. The van der Waals surface area contributed by atoms with Crippen LogP contribution in [0.2, 0.25) is 0 Å². The molecule has 2 aromatic rings. The number of anilines is 1. The van der Waals surface area contributed by atoms with Gasteiger partial charge in [0.15, 0.2) is 6.10 Å². The number of amides is 1. The molecule has 1 saturated carbocycles. The highest BCUT2D eigenvalue weighted by Crippen LogP contribution is 2.25. The van der Waals surface area contributed by atoms with E-state index in [2.05, 4.69) is 11.4 Å². The van der Waals surface area contributed by atoms with Crippen LogP contribution >= 0.6 is 0 Å². The first-order chi connectivity index (χ1) is 13.0. The highest BCUT2D eigenvalue weighted by atomic mass is 16.5. The van der Waals surface area contributed by atoms with Gasteiger partial charge in [-0.05, 0) is 93.5 Å². The Morgan fingerprint density at radius 3 is 2.26 bits per heavy atom. The number of hydrogen-bond acceptors (Lipinski definition) is 3. The first kappa shape index (κ1) is 19.3. The van der Waals surface area contributed by atoms with E-state index in [9.17, 15) is 4.79 Å². The summed E-state index contributed by atoms with van der Waals surface area (Å²) in [4.78, 5) is 12.6. The Kier molecular flexibility index (Phi) is 6.38. The second kappa shape index (κ2) is 8.94. The fraction of sp³-hybridized carbons (Fsp3) is 0.435. The van der Waals surface area contributed by atoms with Gasteiger partial charge in [0.05, 0.1) is 6.10 Å². The summed E-state index contributed by atoms with van der Waals surface area (Å²) < 4.78 is 11.9. The van der Waals surface area contributed by atoms with E-state index in [1.165, 1.54) is 12.8 Å². The predicted molar refractivity (Wildman–Crippen MR) is 109 cm³/mol. The van der Waals surface area contributed by atoms with Crippen molar-refractivity contribution in [2.75, 3.05) is 5.32 Å². The van der Waals surface area contributed by atoms with Gasteiger partial charge in [-0.1, -0.05) is 13.0 Å². The first-order valence-electron chi connectivity index (χ1n) is 9.86. The van der Waals surface area contributed by atoms with Crippen molar-refractivity contribution in [3.05, 3.63) is 53.6 Å². The molecule has 0 spiro atoms. The lowest BCUT2D eigenvalue weighted by molar-refractivity contribution is -0.122. The molecule has 144 valence electrons. The lowest BCUT2D eigenvalue weighted by Gasteiger charge is -2.18. The molecule has 1 aliphatic carbocycles. The molecule has 0 unspecified atom stereocenters. The zero-order chi connectivity index (χ0) is 19.2. The van der Waals surface area contributed by atoms with Crippen LogP contribution < -0.4 is 14.8 Å². The van der Waals surface area contributed by atoms with Gasteiger partial charge >= 0.3 is 0 Å². The Bertz CT molecular complexity index is 743. The topological polar surface area (TPSA) is 47.6 Å². The second-order valence-electron chi connectivity index (χ2n) is 7.38. The molecule has 3 rings (SSSR count). The van der Waals surface area contributed by atoms with Gasteiger partial charge in [0.25, 0.3) is 5.91 Å². The molecule has 27 heavy (non-hydrogen) atoms. The number of nitrogens with one attached hydrogen (secondary N) is 1. The Morgan fingerprint density at radius 2 is 1.67 bits per heavy atom. The standard InChI is InChI=1S/C23H29NO3/c1-4-22(27-21-14-16(2)13-17(3)15-21)23(25)24-18-9-11-20(12-10-18)26-19-7-5-6-8-19/h9-15,19,22H,4-8H2,1-3H3,(H,24,25)/t22-/m1/s1. The van der Waals surface area contributed by atoms with Crippen LogP contribution in [0.4, 0.5) is 5.69 Å². The molecule has 0 heterocycles. The van der Waals surface area contributed by atoms with Crippen LogP contribution in [0, 0.1) is 13.8 Å². The van der Waals surface area contributed by atoms with Gasteiger partial charge in [-0.2, -0.15) is 0 Å². The SMILES string of the molecule is CC[C@@H](Oc1cc(C)cc(C)c1)C(=O)Nc1ccc(OC2CCCC2)cc1. The summed E-state index contributed by atoms with van der Waals surface area (Å²) in [6, 6.07) is 13.6. The molecule has 1 atom stereocenters. The monoisotopic (exact) mass is 367 g/mol. The van der Waals surface area contributed by atoms with Crippen molar-refractivity contribution in [3.8, 4) is 11.5 Å². The molecule has 0 aromatic heterocycles. The zero-order valence-electron chi connectivity index (χ0n) is 16.5. The maximum absolute atomic E-state index is 12.6. The summed E-state index contributed by atoms with van der Waals surface area (Å²) in [5, 5.41) is 2.94. The van der Waals surface area contributed by atoms with Crippen molar-refractivity contribution >= 4 is 11.6 Å². The van der Waals surface area contributed by atoms with Crippen LogP contribution in [0.3, 0.4) is 0 Å². The average molecular weight is 367 g/mol. The van der Waals surface area contributed by atoms with Gasteiger partial charge in [0, 0.05) is 5.69 Å². The fourth-order valence-electron chi connectivity index (χ4n) is 3.53. The van der Waals surface area contributed by atoms with E-state index in [1.807, 2.05) is 57.2 Å². The molecule has 4 nitrogen and oxygen atoms in total. The number of carbonyl (C=O) groups is 1. The molecule has 0 bridgehead atoms. The molecular formula is C23H29NO3. The highest BCUT2D eigenvalue weighted by Gasteiger charge is 2.19. The largest absolute Gasteiger partial charge is 0.490 e. The molecule has 1 N–H and O–H groups in total. The maximum Gasteiger partial charge on any atom is 0.265 e. The van der Waals surface area contributed by atoms with Gasteiger partial charge in [-0.15, -0.1) is 0 Å². The minimum Gasteiger partial charge on any atom is -0.490 e. The number of aryl methyl sites for hydroxylation is 2. The Labute approximate surface area is 161 Å². The predicted octanol–water partition coefficient (Wildman–Crippen LogP) is 5.42. The number of carbonyl (C=O) groups excluding carboxylic acids is 1. The van der Waals surface area contributed by atoms with Crippen LogP contribution in [0.5, 0.6) is 11.5 Å². The van der Waals surface area contributed by atoms with Crippen LogP contribution in [-0.2, 0) is 4.79 Å². The molecule has 0 aliphatic heterocycles. The lowest BCUT2D eigenvalue weighted by Crippen LogP contribution is -2.32. The van der Waals surface area contributed by atoms with Gasteiger partial charge in [0.2, 0.25) is 0 Å². The van der Waals surface area contributed by atoms with E-state index in [0.717, 1.165) is 41.2 Å². The third kappa shape index (κ3) is 5.49. The van der Waals surface area contributed by atoms with E-state index in [1.54, 1.807) is 0 Å².